The van der Waals surface area contributed by atoms with Crippen LogP contribution in [0.15, 0.2) is 0 Å². The molecule has 4 atom stereocenters. The van der Waals surface area contributed by atoms with E-state index in [9.17, 15) is 13.2 Å². The molecule has 0 aromatic rings. The van der Waals surface area contributed by atoms with Crippen LogP contribution >= 0.6 is 0 Å². The van der Waals surface area contributed by atoms with Crippen LogP contribution in [-0.4, -0.2) is 31.5 Å². The van der Waals surface area contributed by atoms with Crippen molar-refractivity contribution in [1.29, 1.82) is 0 Å². The molecule has 4 unspecified atom stereocenters. The van der Waals surface area contributed by atoms with Crippen LogP contribution in [0.1, 0.15) is 39.0 Å². The number of hydrogen-bond acceptors (Lipinski definition) is 2. The van der Waals surface area contributed by atoms with Gasteiger partial charge in [-0.1, -0.05) is 13.3 Å². The minimum absolute atomic E-state index is 0.0240. The molecule has 0 amide bonds. The summed E-state index contributed by atoms with van der Waals surface area (Å²) >= 11 is 0. The molecule has 2 nitrogen and oxygen atoms in total. The summed E-state index contributed by atoms with van der Waals surface area (Å²) in [4.78, 5) is 0. The quantitative estimate of drug-likeness (QED) is 0.828. The number of rotatable bonds is 2. The van der Waals surface area contributed by atoms with Crippen LogP contribution in [0.25, 0.3) is 0 Å². The van der Waals surface area contributed by atoms with E-state index in [1.54, 1.807) is 0 Å². The zero-order chi connectivity index (χ0) is 13.2. The lowest BCUT2D eigenvalue weighted by Crippen LogP contribution is -2.48. The van der Waals surface area contributed by atoms with Gasteiger partial charge in [0.05, 0.1) is 12.5 Å². The van der Waals surface area contributed by atoms with Gasteiger partial charge in [-0.05, 0) is 31.6 Å². The zero-order valence-electron chi connectivity index (χ0n) is 10.8. The van der Waals surface area contributed by atoms with Crippen molar-refractivity contribution in [2.24, 2.45) is 11.8 Å². The minimum atomic E-state index is -4.03. The van der Waals surface area contributed by atoms with Gasteiger partial charge in [0.15, 0.2) is 0 Å². The molecule has 1 N–H and O–H groups in total. The fourth-order valence-corrected chi connectivity index (χ4v) is 3.07. The van der Waals surface area contributed by atoms with Crippen molar-refractivity contribution < 1.29 is 17.9 Å². The molecule has 2 rings (SSSR count). The van der Waals surface area contributed by atoms with Gasteiger partial charge in [-0.3, -0.25) is 0 Å². The van der Waals surface area contributed by atoms with Crippen LogP contribution < -0.4 is 5.32 Å². The molecule has 1 aliphatic heterocycles. The maximum atomic E-state index is 12.7. The van der Waals surface area contributed by atoms with E-state index in [0.717, 1.165) is 19.4 Å². The molecule has 1 heterocycles. The van der Waals surface area contributed by atoms with Gasteiger partial charge in [0.1, 0.15) is 0 Å². The molecular weight excluding hydrogens is 243 g/mol. The van der Waals surface area contributed by atoms with E-state index in [2.05, 4.69) is 12.2 Å². The molecule has 0 aromatic heterocycles. The molecule has 2 fully saturated rings. The van der Waals surface area contributed by atoms with Gasteiger partial charge in [0.2, 0.25) is 0 Å². The molecule has 1 saturated heterocycles. The number of halogens is 3. The van der Waals surface area contributed by atoms with Crippen LogP contribution in [0.4, 0.5) is 13.2 Å². The maximum Gasteiger partial charge on any atom is 0.391 e. The van der Waals surface area contributed by atoms with E-state index in [0.29, 0.717) is 31.4 Å². The number of nitrogens with one attached hydrogen (secondary N) is 1. The number of hydrogen-bond donors (Lipinski definition) is 1. The first kappa shape index (κ1) is 14.1. The van der Waals surface area contributed by atoms with Crippen LogP contribution in [0.2, 0.25) is 0 Å². The Kier molecular flexibility index (Phi) is 4.54. The minimum Gasteiger partial charge on any atom is -0.381 e. The van der Waals surface area contributed by atoms with Gasteiger partial charge in [0, 0.05) is 18.7 Å². The van der Waals surface area contributed by atoms with Crippen LogP contribution in [0.5, 0.6) is 0 Å². The second kappa shape index (κ2) is 5.78. The predicted octanol–water partition coefficient (Wildman–Crippen LogP) is 3.12. The highest BCUT2D eigenvalue weighted by Crippen LogP contribution is 2.37. The average molecular weight is 265 g/mol. The monoisotopic (exact) mass is 265 g/mol. The summed E-state index contributed by atoms with van der Waals surface area (Å²) in [5, 5.41) is 3.43. The van der Waals surface area contributed by atoms with Crippen molar-refractivity contribution in [3.63, 3.8) is 0 Å². The Morgan fingerprint density at radius 1 is 1.17 bits per heavy atom. The predicted molar refractivity (Wildman–Crippen MR) is 63.3 cm³/mol. The maximum absolute atomic E-state index is 12.7. The molecule has 1 saturated carbocycles. The first-order valence-corrected chi connectivity index (χ1v) is 6.87. The van der Waals surface area contributed by atoms with Crippen LogP contribution in [0, 0.1) is 11.8 Å². The molecule has 0 aromatic carbocycles. The molecule has 18 heavy (non-hydrogen) atoms. The third-order valence-electron chi connectivity index (χ3n) is 4.23. The third kappa shape index (κ3) is 3.60. The van der Waals surface area contributed by atoms with E-state index in [1.165, 1.54) is 0 Å². The second-order valence-corrected chi connectivity index (χ2v) is 5.72. The molecule has 0 bridgehead atoms. The molecule has 106 valence electrons. The van der Waals surface area contributed by atoms with Gasteiger partial charge >= 0.3 is 6.18 Å². The summed E-state index contributed by atoms with van der Waals surface area (Å²) in [5.41, 5.74) is 0. The number of alkyl halides is 3. The third-order valence-corrected chi connectivity index (χ3v) is 4.23. The topological polar surface area (TPSA) is 21.3 Å². The summed E-state index contributed by atoms with van der Waals surface area (Å²) < 4.78 is 43.5. The van der Waals surface area contributed by atoms with E-state index in [1.807, 2.05) is 0 Å². The van der Waals surface area contributed by atoms with Gasteiger partial charge in [-0.2, -0.15) is 13.2 Å². The van der Waals surface area contributed by atoms with Gasteiger partial charge in [0.25, 0.3) is 0 Å². The Hall–Kier alpha value is -0.290. The fraction of sp³-hybridized carbons (Fsp3) is 1.00. The Morgan fingerprint density at radius 3 is 2.61 bits per heavy atom. The van der Waals surface area contributed by atoms with E-state index < -0.39 is 12.1 Å². The Labute approximate surface area is 106 Å². The summed E-state index contributed by atoms with van der Waals surface area (Å²) in [6.07, 6.45) is -1.02. The summed E-state index contributed by atoms with van der Waals surface area (Å²) in [6, 6.07) is 0.339. The van der Waals surface area contributed by atoms with Gasteiger partial charge in [-0.15, -0.1) is 0 Å². The Balaban J connectivity index is 1.85. The first-order chi connectivity index (χ1) is 8.47. The molecule has 2 aliphatic rings. The molecule has 5 heteroatoms. The lowest BCUT2D eigenvalue weighted by molar-refractivity contribution is -0.184. The standard InChI is InChI=1S/C13H22F3NO/c1-9-8-18-6-5-12(9)17-11-4-2-3-10(7-11)13(14,15)16/h9-12,17H,2-8H2,1H3. The second-order valence-electron chi connectivity index (χ2n) is 5.72. The van der Waals surface area contributed by atoms with Crippen molar-refractivity contribution in [2.45, 2.75) is 57.3 Å². The lowest BCUT2D eigenvalue weighted by Gasteiger charge is -2.37. The highest BCUT2D eigenvalue weighted by molar-refractivity contribution is 4.86. The molecule has 0 radical (unpaired) electrons. The summed E-state index contributed by atoms with van der Waals surface area (Å²) in [5.74, 6) is -0.719. The highest BCUT2D eigenvalue weighted by atomic mass is 19.4. The van der Waals surface area contributed by atoms with E-state index in [-0.39, 0.29) is 12.5 Å². The zero-order valence-corrected chi connectivity index (χ0v) is 10.8. The first-order valence-electron chi connectivity index (χ1n) is 6.87. The molecule has 0 spiro atoms. The van der Waals surface area contributed by atoms with Crippen molar-refractivity contribution in [1.82, 2.24) is 5.32 Å². The van der Waals surface area contributed by atoms with E-state index >= 15 is 0 Å². The summed E-state index contributed by atoms with van der Waals surface area (Å²) in [6.45, 7) is 3.53. The smallest absolute Gasteiger partial charge is 0.381 e. The van der Waals surface area contributed by atoms with Crippen LogP contribution in [0.3, 0.4) is 0 Å². The van der Waals surface area contributed by atoms with Crippen molar-refractivity contribution in [3.8, 4) is 0 Å². The molecule has 1 aliphatic carbocycles. The highest BCUT2D eigenvalue weighted by Gasteiger charge is 2.42. The SMILES string of the molecule is CC1COCCC1NC1CCCC(C(F)(F)F)C1. The average Bonchev–Trinajstić information content (AvgIpc) is 2.31. The lowest BCUT2D eigenvalue weighted by atomic mass is 9.84. The molecular formula is C13H22F3NO. The Bertz CT molecular complexity index is 269. The fourth-order valence-electron chi connectivity index (χ4n) is 3.07. The largest absolute Gasteiger partial charge is 0.391 e. The van der Waals surface area contributed by atoms with Crippen molar-refractivity contribution >= 4 is 0 Å². The number of ether oxygens (including phenoxy) is 1. The Morgan fingerprint density at radius 2 is 1.94 bits per heavy atom. The summed E-state index contributed by atoms with van der Waals surface area (Å²) in [7, 11) is 0. The van der Waals surface area contributed by atoms with Gasteiger partial charge in [-0.25, -0.2) is 0 Å². The van der Waals surface area contributed by atoms with Crippen LogP contribution in [-0.2, 0) is 4.74 Å². The van der Waals surface area contributed by atoms with E-state index in [4.69, 9.17) is 4.74 Å². The normalized spacial score (nSPS) is 38.7. The van der Waals surface area contributed by atoms with Crippen molar-refractivity contribution in [3.05, 3.63) is 0 Å². The van der Waals surface area contributed by atoms with Crippen molar-refractivity contribution in [2.75, 3.05) is 13.2 Å². The van der Waals surface area contributed by atoms with Gasteiger partial charge < -0.3 is 10.1 Å².